The Kier molecular flexibility index (Phi) is 5.32. The van der Waals surface area contributed by atoms with Gasteiger partial charge in [0.1, 0.15) is 11.5 Å². The Morgan fingerprint density at radius 3 is 2.78 bits per heavy atom. The van der Waals surface area contributed by atoms with Gasteiger partial charge in [0.25, 0.3) is 5.91 Å². The van der Waals surface area contributed by atoms with Gasteiger partial charge in [-0.2, -0.15) is 0 Å². The summed E-state index contributed by atoms with van der Waals surface area (Å²) in [5.41, 5.74) is 2.80. The highest BCUT2D eigenvalue weighted by atomic mass is 16.1. The van der Waals surface area contributed by atoms with E-state index in [2.05, 4.69) is 50.0 Å². The van der Waals surface area contributed by atoms with Crippen molar-refractivity contribution in [1.82, 2.24) is 20.3 Å². The molecule has 4 rings (SSSR count). The van der Waals surface area contributed by atoms with Crippen molar-refractivity contribution in [3.63, 3.8) is 0 Å². The third-order valence-electron chi connectivity index (χ3n) is 5.20. The lowest BCUT2D eigenvalue weighted by atomic mass is 9.95. The molecule has 0 atom stereocenters. The number of benzene rings is 1. The van der Waals surface area contributed by atoms with Gasteiger partial charge >= 0.3 is 0 Å². The minimum atomic E-state index is -0.125. The third-order valence-corrected chi connectivity index (χ3v) is 5.20. The number of anilines is 1. The zero-order chi connectivity index (χ0) is 18.5. The minimum absolute atomic E-state index is 0.125. The monoisotopic (exact) mass is 363 g/mol. The number of rotatable bonds is 6. The van der Waals surface area contributed by atoms with Crippen LogP contribution in [0.3, 0.4) is 0 Å². The molecular weight excluding hydrogens is 338 g/mol. The Labute approximate surface area is 158 Å². The maximum atomic E-state index is 12.3. The van der Waals surface area contributed by atoms with Gasteiger partial charge in [0, 0.05) is 29.7 Å². The van der Waals surface area contributed by atoms with E-state index in [1.165, 1.54) is 30.2 Å². The second-order valence-corrected chi connectivity index (χ2v) is 7.13. The fourth-order valence-electron chi connectivity index (χ4n) is 3.71. The molecule has 2 aromatic heterocycles. The molecule has 3 aromatic rings. The summed E-state index contributed by atoms with van der Waals surface area (Å²) in [6, 6.07) is 8.56. The number of hydrogen-bond donors (Lipinski definition) is 3. The molecule has 1 aromatic carbocycles. The summed E-state index contributed by atoms with van der Waals surface area (Å²) in [5.74, 6) is 0.559. The minimum Gasteiger partial charge on any atom is -0.368 e. The number of carbonyl (C=O) groups excluding carboxylic acids is 1. The number of aromatic nitrogens is 3. The van der Waals surface area contributed by atoms with E-state index in [0.29, 0.717) is 11.5 Å². The van der Waals surface area contributed by atoms with Gasteiger partial charge in [-0.15, -0.1) is 0 Å². The van der Waals surface area contributed by atoms with Crippen molar-refractivity contribution in [2.45, 2.75) is 44.6 Å². The molecule has 27 heavy (non-hydrogen) atoms. The van der Waals surface area contributed by atoms with Crippen LogP contribution in [0.5, 0.6) is 0 Å². The number of hydrogen-bond acceptors (Lipinski definition) is 4. The van der Waals surface area contributed by atoms with Gasteiger partial charge in [-0.3, -0.25) is 4.79 Å². The molecule has 3 N–H and O–H groups in total. The molecule has 1 aliphatic rings. The molecule has 0 aliphatic heterocycles. The topological polar surface area (TPSA) is 82.7 Å². The second-order valence-electron chi connectivity index (χ2n) is 7.13. The van der Waals surface area contributed by atoms with E-state index in [1.807, 2.05) is 6.07 Å². The number of H-pyrrole nitrogens is 1. The lowest BCUT2D eigenvalue weighted by Gasteiger charge is -2.22. The summed E-state index contributed by atoms with van der Waals surface area (Å²) in [4.78, 5) is 24.2. The molecule has 140 valence electrons. The molecule has 0 saturated heterocycles. The predicted octanol–water partition coefficient (Wildman–Crippen LogP) is 3.68. The second kappa shape index (κ2) is 8.20. The Morgan fingerprint density at radius 2 is 1.96 bits per heavy atom. The van der Waals surface area contributed by atoms with Crippen LogP contribution in [0.4, 0.5) is 5.82 Å². The van der Waals surface area contributed by atoms with Crippen molar-refractivity contribution < 1.29 is 4.79 Å². The van der Waals surface area contributed by atoms with E-state index in [-0.39, 0.29) is 11.9 Å². The Hall–Kier alpha value is -2.89. The molecule has 1 amide bonds. The standard InChI is InChI=1S/C21H25N5O/c27-21(26-16-6-2-1-3-7-16)19-13-25-20(14-24-19)22-11-10-15-12-23-18-9-5-4-8-17(15)18/h4-5,8-9,12-14,16,23H,1-3,6-7,10-11H2,(H,22,25)(H,26,27). The Morgan fingerprint density at radius 1 is 1.11 bits per heavy atom. The first-order valence-corrected chi connectivity index (χ1v) is 9.71. The molecular formula is C21H25N5O. The highest BCUT2D eigenvalue weighted by Gasteiger charge is 2.17. The van der Waals surface area contributed by atoms with E-state index < -0.39 is 0 Å². The van der Waals surface area contributed by atoms with Crippen LogP contribution in [0.1, 0.15) is 48.2 Å². The van der Waals surface area contributed by atoms with E-state index in [4.69, 9.17) is 0 Å². The van der Waals surface area contributed by atoms with E-state index in [0.717, 1.165) is 31.3 Å². The molecule has 1 aliphatic carbocycles. The highest BCUT2D eigenvalue weighted by molar-refractivity contribution is 5.92. The van der Waals surface area contributed by atoms with Gasteiger partial charge in [0.2, 0.25) is 0 Å². The molecule has 1 saturated carbocycles. The first-order valence-electron chi connectivity index (χ1n) is 9.71. The highest BCUT2D eigenvalue weighted by Crippen LogP contribution is 2.19. The predicted molar refractivity (Wildman–Crippen MR) is 107 cm³/mol. The first kappa shape index (κ1) is 17.5. The smallest absolute Gasteiger partial charge is 0.271 e. The van der Waals surface area contributed by atoms with Crippen LogP contribution in [0.2, 0.25) is 0 Å². The summed E-state index contributed by atoms with van der Waals surface area (Å²) < 4.78 is 0. The molecule has 6 heteroatoms. The average Bonchev–Trinajstić information content (AvgIpc) is 3.12. The van der Waals surface area contributed by atoms with Crippen LogP contribution >= 0.6 is 0 Å². The molecule has 0 bridgehead atoms. The van der Waals surface area contributed by atoms with Crippen molar-refractivity contribution in [3.05, 3.63) is 54.1 Å². The van der Waals surface area contributed by atoms with Crippen molar-refractivity contribution in [2.24, 2.45) is 0 Å². The maximum Gasteiger partial charge on any atom is 0.271 e. The normalized spacial score (nSPS) is 15.0. The van der Waals surface area contributed by atoms with Crippen LogP contribution in [-0.2, 0) is 6.42 Å². The lowest BCUT2D eigenvalue weighted by Crippen LogP contribution is -2.36. The SMILES string of the molecule is O=C(NC1CCCCC1)c1cnc(NCCc2c[nH]c3ccccc23)cn1. The average molecular weight is 363 g/mol. The summed E-state index contributed by atoms with van der Waals surface area (Å²) >= 11 is 0. The van der Waals surface area contributed by atoms with E-state index >= 15 is 0 Å². The van der Waals surface area contributed by atoms with Crippen molar-refractivity contribution in [1.29, 1.82) is 0 Å². The van der Waals surface area contributed by atoms with Crippen LogP contribution in [0.25, 0.3) is 10.9 Å². The molecule has 0 radical (unpaired) electrons. The maximum absolute atomic E-state index is 12.3. The number of carbonyl (C=O) groups is 1. The first-order chi connectivity index (χ1) is 13.3. The quantitative estimate of drug-likeness (QED) is 0.624. The van der Waals surface area contributed by atoms with Crippen molar-refractivity contribution in [3.8, 4) is 0 Å². The van der Waals surface area contributed by atoms with Gasteiger partial charge in [-0.05, 0) is 30.9 Å². The molecule has 1 fully saturated rings. The van der Waals surface area contributed by atoms with Crippen LogP contribution in [0.15, 0.2) is 42.9 Å². The zero-order valence-corrected chi connectivity index (χ0v) is 15.4. The van der Waals surface area contributed by atoms with Crippen LogP contribution < -0.4 is 10.6 Å². The number of nitrogens with zero attached hydrogens (tertiary/aromatic N) is 2. The van der Waals surface area contributed by atoms with Crippen molar-refractivity contribution in [2.75, 3.05) is 11.9 Å². The van der Waals surface area contributed by atoms with Crippen molar-refractivity contribution >= 4 is 22.6 Å². The van der Waals surface area contributed by atoms with Gasteiger partial charge in [0.05, 0.1) is 12.4 Å². The fraction of sp³-hybridized carbons (Fsp3) is 0.381. The van der Waals surface area contributed by atoms with Crippen LogP contribution in [-0.4, -0.2) is 33.4 Å². The van der Waals surface area contributed by atoms with Gasteiger partial charge < -0.3 is 15.6 Å². The number of nitrogens with one attached hydrogen (secondary N) is 3. The number of para-hydroxylation sites is 1. The Balaban J connectivity index is 1.29. The number of aromatic amines is 1. The molecule has 0 spiro atoms. The van der Waals surface area contributed by atoms with Gasteiger partial charge in [0.15, 0.2) is 0 Å². The molecule has 0 unspecified atom stereocenters. The summed E-state index contributed by atoms with van der Waals surface area (Å²) in [7, 11) is 0. The third kappa shape index (κ3) is 4.27. The van der Waals surface area contributed by atoms with E-state index in [9.17, 15) is 4.79 Å². The number of fused-ring (bicyclic) bond motifs is 1. The largest absolute Gasteiger partial charge is 0.368 e. The summed E-state index contributed by atoms with van der Waals surface area (Å²) in [5, 5.41) is 7.59. The van der Waals surface area contributed by atoms with Crippen LogP contribution in [0, 0.1) is 0 Å². The fourth-order valence-corrected chi connectivity index (χ4v) is 3.71. The summed E-state index contributed by atoms with van der Waals surface area (Å²) in [6.07, 6.45) is 11.9. The lowest BCUT2D eigenvalue weighted by molar-refractivity contribution is 0.0922. The van der Waals surface area contributed by atoms with Gasteiger partial charge in [-0.25, -0.2) is 9.97 Å². The van der Waals surface area contributed by atoms with Gasteiger partial charge in [-0.1, -0.05) is 37.5 Å². The zero-order valence-electron chi connectivity index (χ0n) is 15.4. The van der Waals surface area contributed by atoms with E-state index in [1.54, 1.807) is 12.4 Å². The summed E-state index contributed by atoms with van der Waals surface area (Å²) in [6.45, 7) is 0.754. The molecule has 6 nitrogen and oxygen atoms in total. The Bertz CT molecular complexity index is 896. The molecule has 2 heterocycles. The number of amides is 1.